The number of nitrogens with zero attached hydrogens (tertiary/aromatic N) is 1. The first-order valence-corrected chi connectivity index (χ1v) is 8.27. The number of benzene rings is 1. The standard InChI is InChI=1S/C19H26N2O4/c1-15-5-7-17(8-6-15)9-10-18(23)21(14-11-19(24)25-3)13-4-12-20-16(2)22/h5-10H,4,11-14H2,1-3H3,(H,20,22)/b10-9+. The summed E-state index contributed by atoms with van der Waals surface area (Å²) in [6.07, 6.45) is 4.01. The number of amides is 2. The molecule has 0 aliphatic heterocycles. The van der Waals surface area contributed by atoms with Crippen molar-refractivity contribution in [1.82, 2.24) is 10.2 Å². The van der Waals surface area contributed by atoms with Gasteiger partial charge in [0.2, 0.25) is 11.8 Å². The molecule has 6 nitrogen and oxygen atoms in total. The molecule has 0 saturated carbocycles. The van der Waals surface area contributed by atoms with Crippen LogP contribution in [0.3, 0.4) is 0 Å². The quantitative estimate of drug-likeness (QED) is 0.421. The van der Waals surface area contributed by atoms with Crippen molar-refractivity contribution in [2.45, 2.75) is 26.7 Å². The highest BCUT2D eigenvalue weighted by atomic mass is 16.5. The van der Waals surface area contributed by atoms with E-state index in [4.69, 9.17) is 0 Å². The van der Waals surface area contributed by atoms with Crippen molar-refractivity contribution < 1.29 is 19.1 Å². The van der Waals surface area contributed by atoms with Gasteiger partial charge in [-0.3, -0.25) is 14.4 Å². The molecule has 0 fully saturated rings. The Bertz CT molecular complexity index is 608. The van der Waals surface area contributed by atoms with Crippen molar-refractivity contribution in [3.8, 4) is 0 Å². The van der Waals surface area contributed by atoms with Gasteiger partial charge in [0.15, 0.2) is 0 Å². The second-order valence-corrected chi connectivity index (χ2v) is 5.73. The highest BCUT2D eigenvalue weighted by Crippen LogP contribution is 2.06. The Morgan fingerprint density at radius 1 is 1.16 bits per heavy atom. The summed E-state index contributed by atoms with van der Waals surface area (Å²) in [6.45, 7) is 4.67. The average Bonchev–Trinajstić information content (AvgIpc) is 2.59. The normalized spacial score (nSPS) is 10.5. The van der Waals surface area contributed by atoms with Crippen LogP contribution in [0.5, 0.6) is 0 Å². The lowest BCUT2D eigenvalue weighted by atomic mass is 10.1. The monoisotopic (exact) mass is 346 g/mol. The first-order chi connectivity index (χ1) is 11.9. The van der Waals surface area contributed by atoms with Gasteiger partial charge in [-0.25, -0.2) is 0 Å². The van der Waals surface area contributed by atoms with Crippen molar-refractivity contribution >= 4 is 23.9 Å². The van der Waals surface area contributed by atoms with Crippen LogP contribution in [0, 0.1) is 6.92 Å². The van der Waals surface area contributed by atoms with E-state index in [0.717, 1.165) is 11.1 Å². The molecule has 0 aromatic heterocycles. The Hall–Kier alpha value is -2.63. The van der Waals surface area contributed by atoms with Crippen LogP contribution >= 0.6 is 0 Å². The predicted molar refractivity (Wildman–Crippen MR) is 96.7 cm³/mol. The van der Waals surface area contributed by atoms with Crippen molar-refractivity contribution in [3.05, 3.63) is 41.5 Å². The molecule has 1 aromatic carbocycles. The number of carbonyl (C=O) groups is 3. The lowest BCUT2D eigenvalue weighted by Crippen LogP contribution is -2.34. The van der Waals surface area contributed by atoms with Gasteiger partial charge in [-0.2, -0.15) is 0 Å². The Kier molecular flexibility index (Phi) is 9.00. The minimum Gasteiger partial charge on any atom is -0.469 e. The summed E-state index contributed by atoms with van der Waals surface area (Å²) >= 11 is 0. The van der Waals surface area contributed by atoms with Crippen LogP contribution in [-0.2, 0) is 19.1 Å². The fraction of sp³-hybridized carbons (Fsp3) is 0.421. The molecule has 6 heteroatoms. The molecule has 0 unspecified atom stereocenters. The van der Waals surface area contributed by atoms with E-state index < -0.39 is 0 Å². The Labute approximate surface area is 148 Å². The van der Waals surface area contributed by atoms with E-state index in [1.54, 1.807) is 11.0 Å². The minimum atomic E-state index is -0.359. The molecule has 0 bridgehead atoms. The van der Waals surface area contributed by atoms with E-state index in [-0.39, 0.29) is 30.7 Å². The number of hydrogen-bond acceptors (Lipinski definition) is 4. The maximum atomic E-state index is 12.4. The number of carbonyl (C=O) groups excluding carboxylic acids is 3. The summed E-state index contributed by atoms with van der Waals surface area (Å²) < 4.78 is 4.63. The maximum absolute atomic E-state index is 12.4. The molecule has 0 spiro atoms. The van der Waals surface area contributed by atoms with Crippen LogP contribution < -0.4 is 5.32 Å². The van der Waals surface area contributed by atoms with Gasteiger partial charge in [0, 0.05) is 32.6 Å². The van der Waals surface area contributed by atoms with Gasteiger partial charge >= 0.3 is 5.97 Å². The minimum absolute atomic E-state index is 0.105. The first-order valence-electron chi connectivity index (χ1n) is 8.27. The summed E-state index contributed by atoms with van der Waals surface area (Å²) in [7, 11) is 1.32. The van der Waals surface area contributed by atoms with Crippen LogP contribution in [0.2, 0.25) is 0 Å². The first kappa shape index (κ1) is 20.4. The Morgan fingerprint density at radius 2 is 1.84 bits per heavy atom. The third-order valence-electron chi connectivity index (χ3n) is 3.60. The van der Waals surface area contributed by atoms with E-state index in [1.165, 1.54) is 20.1 Å². The molecular weight excluding hydrogens is 320 g/mol. The third kappa shape index (κ3) is 8.69. The number of esters is 1. The summed E-state index contributed by atoms with van der Waals surface area (Å²) in [6, 6.07) is 7.84. The molecule has 1 N–H and O–H groups in total. The number of nitrogens with one attached hydrogen (secondary N) is 1. The van der Waals surface area contributed by atoms with Gasteiger partial charge in [0.1, 0.15) is 0 Å². The van der Waals surface area contributed by atoms with Crippen LogP contribution in [0.1, 0.15) is 30.9 Å². The fourth-order valence-corrected chi connectivity index (χ4v) is 2.15. The molecule has 0 saturated heterocycles. The van der Waals surface area contributed by atoms with Gasteiger partial charge in [-0.05, 0) is 25.0 Å². The van der Waals surface area contributed by atoms with Gasteiger partial charge < -0.3 is 15.0 Å². The molecule has 2 amide bonds. The van der Waals surface area contributed by atoms with Crippen LogP contribution in [-0.4, -0.2) is 49.4 Å². The van der Waals surface area contributed by atoms with E-state index in [0.29, 0.717) is 19.5 Å². The summed E-state index contributed by atoms with van der Waals surface area (Å²) in [4.78, 5) is 36.2. The highest BCUT2D eigenvalue weighted by molar-refractivity contribution is 5.92. The number of methoxy groups -OCH3 is 1. The topological polar surface area (TPSA) is 75.7 Å². The van der Waals surface area contributed by atoms with Crippen LogP contribution in [0.4, 0.5) is 0 Å². The zero-order valence-corrected chi connectivity index (χ0v) is 15.1. The van der Waals surface area contributed by atoms with E-state index in [9.17, 15) is 14.4 Å². The van der Waals surface area contributed by atoms with Crippen molar-refractivity contribution in [2.75, 3.05) is 26.7 Å². The summed E-state index contributed by atoms with van der Waals surface area (Å²) in [5, 5.41) is 2.69. The average molecular weight is 346 g/mol. The Balaban J connectivity index is 2.64. The van der Waals surface area contributed by atoms with Gasteiger partial charge in [0.25, 0.3) is 0 Å². The second kappa shape index (κ2) is 11.0. The zero-order valence-electron chi connectivity index (χ0n) is 15.1. The van der Waals surface area contributed by atoms with Gasteiger partial charge in [-0.15, -0.1) is 0 Å². The van der Waals surface area contributed by atoms with Crippen molar-refractivity contribution in [3.63, 3.8) is 0 Å². The second-order valence-electron chi connectivity index (χ2n) is 5.73. The molecule has 0 aliphatic rings. The lowest BCUT2D eigenvalue weighted by molar-refractivity contribution is -0.141. The smallest absolute Gasteiger partial charge is 0.307 e. The molecule has 0 atom stereocenters. The number of hydrogen-bond donors (Lipinski definition) is 1. The summed E-state index contributed by atoms with van der Waals surface area (Å²) in [5.74, 6) is -0.638. The third-order valence-corrected chi connectivity index (χ3v) is 3.60. The van der Waals surface area contributed by atoms with Crippen molar-refractivity contribution in [1.29, 1.82) is 0 Å². The molecule has 1 aromatic rings. The largest absolute Gasteiger partial charge is 0.469 e. The van der Waals surface area contributed by atoms with Crippen LogP contribution in [0.15, 0.2) is 30.3 Å². The van der Waals surface area contributed by atoms with E-state index >= 15 is 0 Å². The molecule has 1 rings (SSSR count). The number of aryl methyl sites for hydroxylation is 1. The number of ether oxygens (including phenoxy) is 1. The molecular formula is C19H26N2O4. The highest BCUT2D eigenvalue weighted by Gasteiger charge is 2.12. The molecule has 0 aliphatic carbocycles. The van der Waals surface area contributed by atoms with E-state index in [2.05, 4.69) is 10.1 Å². The molecule has 25 heavy (non-hydrogen) atoms. The predicted octanol–water partition coefficient (Wildman–Crippen LogP) is 1.93. The van der Waals surface area contributed by atoms with Gasteiger partial charge in [-0.1, -0.05) is 29.8 Å². The summed E-state index contributed by atoms with van der Waals surface area (Å²) in [5.41, 5.74) is 2.09. The SMILES string of the molecule is COC(=O)CCN(CCCNC(C)=O)C(=O)/C=C/c1ccc(C)cc1. The molecule has 0 heterocycles. The molecule has 136 valence electrons. The number of rotatable bonds is 9. The van der Waals surface area contributed by atoms with E-state index in [1.807, 2.05) is 31.2 Å². The van der Waals surface area contributed by atoms with Crippen molar-refractivity contribution in [2.24, 2.45) is 0 Å². The van der Waals surface area contributed by atoms with Crippen LogP contribution in [0.25, 0.3) is 6.08 Å². The molecule has 0 radical (unpaired) electrons. The lowest BCUT2D eigenvalue weighted by Gasteiger charge is -2.20. The zero-order chi connectivity index (χ0) is 18.7. The fourth-order valence-electron chi connectivity index (χ4n) is 2.15. The maximum Gasteiger partial charge on any atom is 0.307 e. The Morgan fingerprint density at radius 3 is 2.44 bits per heavy atom. The van der Waals surface area contributed by atoms with Gasteiger partial charge in [0.05, 0.1) is 13.5 Å².